The van der Waals surface area contributed by atoms with Crippen LogP contribution in [0.1, 0.15) is 23.3 Å². The first-order chi connectivity index (χ1) is 12.0. The van der Waals surface area contributed by atoms with Crippen LogP contribution in [0.4, 0.5) is 0 Å². The second-order valence-electron chi connectivity index (χ2n) is 6.24. The first-order valence-corrected chi connectivity index (χ1v) is 10.6. The third kappa shape index (κ3) is 4.29. The van der Waals surface area contributed by atoms with Crippen molar-refractivity contribution in [3.63, 3.8) is 0 Å². The molecule has 1 aliphatic heterocycles. The Morgan fingerprint density at radius 1 is 1.12 bits per heavy atom. The van der Waals surface area contributed by atoms with E-state index in [1.807, 2.05) is 30.3 Å². The average molecular weight is 379 g/mol. The van der Waals surface area contributed by atoms with Crippen LogP contribution < -0.4 is 0 Å². The summed E-state index contributed by atoms with van der Waals surface area (Å²) < 4.78 is 27.0. The topological polar surface area (TPSA) is 57.7 Å². The first kappa shape index (κ1) is 18.1. The van der Waals surface area contributed by atoms with E-state index < -0.39 is 10.0 Å². The molecule has 1 aromatic carbocycles. The molecule has 0 radical (unpaired) electrons. The summed E-state index contributed by atoms with van der Waals surface area (Å²) in [7, 11) is -1.63. The number of sulfonamides is 1. The maximum Gasteiger partial charge on any atom is 0.252 e. The van der Waals surface area contributed by atoms with Crippen LogP contribution in [0.3, 0.4) is 0 Å². The Balaban J connectivity index is 1.63. The van der Waals surface area contributed by atoms with Crippen molar-refractivity contribution < 1.29 is 13.2 Å². The van der Waals surface area contributed by atoms with Crippen LogP contribution >= 0.6 is 11.3 Å². The molecule has 1 aromatic heterocycles. The van der Waals surface area contributed by atoms with Gasteiger partial charge in [-0.05, 0) is 30.5 Å². The molecule has 7 heteroatoms. The molecule has 25 heavy (non-hydrogen) atoms. The number of carbonyl (C=O) groups is 1. The van der Waals surface area contributed by atoms with Crippen molar-refractivity contribution in [2.75, 3.05) is 20.1 Å². The van der Waals surface area contributed by atoms with Gasteiger partial charge in [0.25, 0.3) is 10.0 Å². The van der Waals surface area contributed by atoms with E-state index in [2.05, 4.69) is 0 Å². The van der Waals surface area contributed by atoms with Gasteiger partial charge in [0.15, 0.2) is 0 Å². The Kier molecular flexibility index (Phi) is 5.56. The van der Waals surface area contributed by atoms with Crippen LogP contribution in [0.15, 0.2) is 46.7 Å². The molecular formula is C18H22N2O3S2. The lowest BCUT2D eigenvalue weighted by atomic mass is 10.2. The van der Waals surface area contributed by atoms with Gasteiger partial charge in [0.1, 0.15) is 4.21 Å². The molecule has 1 saturated heterocycles. The smallest absolute Gasteiger partial charge is 0.252 e. The van der Waals surface area contributed by atoms with Crippen molar-refractivity contribution in [3.05, 3.63) is 52.9 Å². The van der Waals surface area contributed by atoms with Gasteiger partial charge in [-0.2, -0.15) is 4.31 Å². The van der Waals surface area contributed by atoms with E-state index in [0.717, 1.165) is 23.3 Å². The standard InChI is InChI=1S/C18H22N2O3S2/c1-19(14-15-7-3-2-4-8-15)17(21)13-16-9-10-18(24-16)25(22,23)20-11-5-6-12-20/h2-4,7-10H,5-6,11-14H2,1H3. The fourth-order valence-corrected chi connectivity index (χ4v) is 5.90. The van der Waals surface area contributed by atoms with E-state index in [-0.39, 0.29) is 12.3 Å². The van der Waals surface area contributed by atoms with Gasteiger partial charge >= 0.3 is 0 Å². The molecule has 3 rings (SSSR count). The zero-order valence-electron chi connectivity index (χ0n) is 14.2. The van der Waals surface area contributed by atoms with Crippen molar-refractivity contribution in [3.8, 4) is 0 Å². The highest BCUT2D eigenvalue weighted by Crippen LogP contribution is 2.27. The van der Waals surface area contributed by atoms with E-state index in [1.54, 1.807) is 24.1 Å². The van der Waals surface area contributed by atoms with Crippen LogP contribution in [0, 0.1) is 0 Å². The fourth-order valence-electron chi connectivity index (χ4n) is 2.88. The maximum absolute atomic E-state index is 12.5. The van der Waals surface area contributed by atoms with Gasteiger partial charge in [-0.15, -0.1) is 11.3 Å². The van der Waals surface area contributed by atoms with Gasteiger partial charge in [0, 0.05) is 31.6 Å². The van der Waals surface area contributed by atoms with Crippen LogP contribution in [0.25, 0.3) is 0 Å². The minimum atomic E-state index is -3.40. The number of thiophene rings is 1. The average Bonchev–Trinajstić information content (AvgIpc) is 3.28. The SMILES string of the molecule is CN(Cc1ccccc1)C(=O)Cc1ccc(S(=O)(=O)N2CCCC2)s1. The molecule has 0 N–H and O–H groups in total. The Hall–Kier alpha value is -1.70. The van der Waals surface area contributed by atoms with E-state index in [9.17, 15) is 13.2 Å². The third-order valence-electron chi connectivity index (χ3n) is 4.31. The fraction of sp³-hybridized carbons (Fsp3) is 0.389. The molecule has 1 aliphatic rings. The minimum Gasteiger partial charge on any atom is -0.341 e. The van der Waals surface area contributed by atoms with Crippen molar-refractivity contribution in [1.29, 1.82) is 0 Å². The number of hydrogen-bond donors (Lipinski definition) is 0. The Labute approximate surface area is 152 Å². The number of rotatable bonds is 6. The summed E-state index contributed by atoms with van der Waals surface area (Å²) in [5.41, 5.74) is 1.07. The van der Waals surface area contributed by atoms with Crippen molar-refractivity contribution in [2.24, 2.45) is 0 Å². The lowest BCUT2D eigenvalue weighted by molar-refractivity contribution is -0.129. The predicted octanol–water partition coefficient (Wildman–Crippen LogP) is 2.73. The van der Waals surface area contributed by atoms with E-state index >= 15 is 0 Å². The number of nitrogens with zero attached hydrogens (tertiary/aromatic N) is 2. The largest absolute Gasteiger partial charge is 0.341 e. The zero-order chi connectivity index (χ0) is 17.9. The highest BCUT2D eigenvalue weighted by molar-refractivity contribution is 7.91. The highest BCUT2D eigenvalue weighted by atomic mass is 32.2. The number of carbonyl (C=O) groups excluding carboxylic acids is 1. The van der Waals surface area contributed by atoms with Gasteiger partial charge < -0.3 is 4.90 Å². The molecule has 0 aliphatic carbocycles. The van der Waals surface area contributed by atoms with Gasteiger partial charge in [0.2, 0.25) is 5.91 Å². The molecular weight excluding hydrogens is 356 g/mol. The van der Waals surface area contributed by atoms with Gasteiger partial charge in [-0.1, -0.05) is 30.3 Å². The molecule has 0 unspecified atom stereocenters. The van der Waals surface area contributed by atoms with E-state index in [1.165, 1.54) is 15.6 Å². The number of benzene rings is 1. The minimum absolute atomic E-state index is 0.0178. The molecule has 2 heterocycles. The number of amides is 1. The molecule has 0 atom stereocenters. The van der Waals surface area contributed by atoms with Gasteiger partial charge in [-0.3, -0.25) is 4.79 Å². The molecule has 2 aromatic rings. The van der Waals surface area contributed by atoms with E-state index in [4.69, 9.17) is 0 Å². The number of hydrogen-bond acceptors (Lipinski definition) is 4. The molecule has 1 fully saturated rings. The molecule has 0 saturated carbocycles. The summed E-state index contributed by atoms with van der Waals surface area (Å²) >= 11 is 1.20. The summed E-state index contributed by atoms with van der Waals surface area (Å²) in [6.07, 6.45) is 2.06. The second kappa shape index (κ2) is 7.68. The predicted molar refractivity (Wildman–Crippen MR) is 98.9 cm³/mol. The molecule has 0 bridgehead atoms. The highest BCUT2D eigenvalue weighted by Gasteiger charge is 2.28. The maximum atomic E-state index is 12.5. The summed E-state index contributed by atoms with van der Waals surface area (Å²) in [5, 5.41) is 0. The first-order valence-electron chi connectivity index (χ1n) is 8.33. The lowest BCUT2D eigenvalue weighted by Crippen LogP contribution is -2.27. The van der Waals surface area contributed by atoms with Crippen molar-refractivity contribution in [1.82, 2.24) is 9.21 Å². The van der Waals surface area contributed by atoms with Crippen LogP contribution in [-0.4, -0.2) is 43.7 Å². The van der Waals surface area contributed by atoms with Crippen molar-refractivity contribution >= 4 is 27.3 Å². The Morgan fingerprint density at radius 2 is 1.80 bits per heavy atom. The quantitative estimate of drug-likeness (QED) is 0.777. The third-order valence-corrected chi connectivity index (χ3v) is 7.76. The summed E-state index contributed by atoms with van der Waals surface area (Å²) in [6, 6.07) is 13.2. The summed E-state index contributed by atoms with van der Waals surface area (Å²) in [6.45, 7) is 1.73. The van der Waals surface area contributed by atoms with Crippen LogP contribution in [-0.2, 0) is 27.8 Å². The van der Waals surface area contributed by atoms with Crippen molar-refractivity contribution in [2.45, 2.75) is 30.0 Å². The molecule has 0 spiro atoms. The van der Waals surface area contributed by atoms with Crippen LogP contribution in [0.2, 0.25) is 0 Å². The molecule has 5 nitrogen and oxygen atoms in total. The number of likely N-dealkylation sites (N-methyl/N-ethyl adjacent to an activating group) is 1. The zero-order valence-corrected chi connectivity index (χ0v) is 15.9. The summed E-state index contributed by atoms with van der Waals surface area (Å²) in [5.74, 6) is -0.0178. The lowest BCUT2D eigenvalue weighted by Gasteiger charge is -2.17. The van der Waals surface area contributed by atoms with E-state index in [0.29, 0.717) is 23.8 Å². The van der Waals surface area contributed by atoms with Crippen LogP contribution in [0.5, 0.6) is 0 Å². The normalized spacial score (nSPS) is 15.4. The Bertz CT molecular complexity index is 825. The molecule has 134 valence electrons. The summed E-state index contributed by atoms with van der Waals surface area (Å²) in [4.78, 5) is 14.9. The molecule has 1 amide bonds. The second-order valence-corrected chi connectivity index (χ2v) is 9.58. The van der Waals surface area contributed by atoms with Gasteiger partial charge in [0.05, 0.1) is 6.42 Å². The Morgan fingerprint density at radius 3 is 2.48 bits per heavy atom. The van der Waals surface area contributed by atoms with Gasteiger partial charge in [-0.25, -0.2) is 8.42 Å². The monoisotopic (exact) mass is 378 g/mol.